The lowest BCUT2D eigenvalue weighted by molar-refractivity contribution is 0.0694. The van der Waals surface area contributed by atoms with E-state index >= 15 is 0 Å². The van der Waals surface area contributed by atoms with E-state index in [2.05, 4.69) is 6.07 Å². The first kappa shape index (κ1) is 20.9. The summed E-state index contributed by atoms with van der Waals surface area (Å²) in [6.07, 6.45) is 2.23. The van der Waals surface area contributed by atoms with Crippen LogP contribution in [0.25, 0.3) is 0 Å². The molecule has 0 spiro atoms. The largest absolute Gasteiger partial charge is 0.457 e. The Morgan fingerprint density at radius 3 is 2.59 bits per heavy atom. The number of benzene rings is 2. The molecule has 1 aliphatic rings. The van der Waals surface area contributed by atoms with Crippen LogP contribution in [0, 0.1) is 11.3 Å². The molecule has 1 atom stereocenters. The van der Waals surface area contributed by atoms with Gasteiger partial charge in [0, 0.05) is 18.2 Å². The van der Waals surface area contributed by atoms with Crippen LogP contribution in [0.5, 0.6) is 11.5 Å². The third kappa shape index (κ3) is 5.36. The summed E-state index contributed by atoms with van der Waals surface area (Å²) in [7, 11) is -3.08. The molecule has 1 fully saturated rings. The van der Waals surface area contributed by atoms with Crippen molar-refractivity contribution < 1.29 is 17.9 Å². The van der Waals surface area contributed by atoms with E-state index in [0.29, 0.717) is 35.6 Å². The Bertz CT molecular complexity index is 1010. The fourth-order valence-corrected chi connectivity index (χ4v) is 5.12. The minimum absolute atomic E-state index is 0.0316. The molecule has 2 aromatic rings. The first-order valence-corrected chi connectivity index (χ1v) is 11.5. The Morgan fingerprint density at radius 1 is 1.21 bits per heavy atom. The standard InChI is InChI=1S/C22H24N2O4S/c1-2-3-12-24(19-11-13-29(26,27)16-19)22(25)18-5-4-6-21(14-18)28-20-9-7-17(15-23)8-10-20/h4-10,14,19H,2-3,11-13,16H2,1H3. The van der Waals surface area contributed by atoms with Crippen molar-refractivity contribution in [3.8, 4) is 17.6 Å². The Labute approximate surface area is 171 Å². The normalized spacial score (nSPS) is 17.4. The average Bonchev–Trinajstić information content (AvgIpc) is 3.08. The first-order chi connectivity index (χ1) is 13.9. The van der Waals surface area contributed by atoms with E-state index < -0.39 is 9.84 Å². The number of ether oxygens (including phenoxy) is 1. The highest BCUT2D eigenvalue weighted by Gasteiger charge is 2.34. The predicted molar refractivity (Wildman–Crippen MR) is 111 cm³/mol. The predicted octanol–water partition coefficient (Wildman–Crippen LogP) is 3.78. The number of carbonyl (C=O) groups excluding carboxylic acids is 1. The molecule has 0 aromatic heterocycles. The third-order valence-corrected chi connectivity index (χ3v) is 6.71. The molecule has 1 aliphatic heterocycles. The zero-order valence-corrected chi connectivity index (χ0v) is 17.2. The molecule has 29 heavy (non-hydrogen) atoms. The summed E-state index contributed by atoms with van der Waals surface area (Å²) in [5.41, 5.74) is 1.01. The lowest BCUT2D eigenvalue weighted by Gasteiger charge is -2.28. The highest BCUT2D eigenvalue weighted by atomic mass is 32.2. The van der Waals surface area contributed by atoms with Gasteiger partial charge in [-0.05, 0) is 55.3 Å². The molecule has 1 heterocycles. The lowest BCUT2D eigenvalue weighted by Crippen LogP contribution is -2.41. The van der Waals surface area contributed by atoms with Gasteiger partial charge in [0.05, 0.1) is 23.1 Å². The molecule has 0 aliphatic carbocycles. The maximum absolute atomic E-state index is 13.2. The highest BCUT2D eigenvalue weighted by Crippen LogP contribution is 2.25. The molecule has 1 unspecified atom stereocenters. The Kier molecular flexibility index (Phi) is 6.55. The molecule has 0 bridgehead atoms. The molecule has 1 saturated heterocycles. The fraction of sp³-hybridized carbons (Fsp3) is 0.364. The van der Waals surface area contributed by atoms with Crippen LogP contribution in [0.2, 0.25) is 0 Å². The second kappa shape index (κ2) is 9.10. The lowest BCUT2D eigenvalue weighted by atomic mass is 10.1. The minimum Gasteiger partial charge on any atom is -0.457 e. The summed E-state index contributed by atoms with van der Waals surface area (Å²) < 4.78 is 29.6. The molecule has 1 amide bonds. The molecule has 152 valence electrons. The second-order valence-corrected chi connectivity index (χ2v) is 9.40. The minimum atomic E-state index is -3.08. The number of hydrogen-bond acceptors (Lipinski definition) is 5. The van der Waals surface area contributed by atoms with E-state index in [1.807, 2.05) is 6.92 Å². The van der Waals surface area contributed by atoms with Crippen molar-refractivity contribution in [1.29, 1.82) is 5.26 Å². The monoisotopic (exact) mass is 412 g/mol. The van der Waals surface area contributed by atoms with E-state index in [0.717, 1.165) is 12.8 Å². The van der Waals surface area contributed by atoms with Crippen molar-refractivity contribution in [3.05, 3.63) is 59.7 Å². The van der Waals surface area contributed by atoms with Crippen molar-refractivity contribution in [2.24, 2.45) is 0 Å². The van der Waals surface area contributed by atoms with Crippen LogP contribution < -0.4 is 4.74 Å². The Balaban J connectivity index is 1.79. The topological polar surface area (TPSA) is 87.5 Å². The summed E-state index contributed by atoms with van der Waals surface area (Å²) in [6, 6.07) is 15.4. The quantitative estimate of drug-likeness (QED) is 0.691. The average molecular weight is 413 g/mol. The van der Waals surface area contributed by atoms with Gasteiger partial charge in [0.15, 0.2) is 9.84 Å². The maximum Gasteiger partial charge on any atom is 0.254 e. The van der Waals surface area contributed by atoms with Gasteiger partial charge in [-0.3, -0.25) is 4.79 Å². The number of sulfone groups is 1. The smallest absolute Gasteiger partial charge is 0.254 e. The van der Waals surface area contributed by atoms with E-state index in [9.17, 15) is 13.2 Å². The summed E-state index contributed by atoms with van der Waals surface area (Å²) in [6.45, 7) is 2.58. The fourth-order valence-electron chi connectivity index (χ4n) is 3.39. The maximum atomic E-state index is 13.2. The molecular weight excluding hydrogens is 388 g/mol. The first-order valence-electron chi connectivity index (χ1n) is 9.71. The molecule has 2 aromatic carbocycles. The number of carbonyl (C=O) groups is 1. The Morgan fingerprint density at radius 2 is 1.97 bits per heavy atom. The van der Waals surface area contributed by atoms with Gasteiger partial charge in [-0.15, -0.1) is 0 Å². The van der Waals surface area contributed by atoms with Crippen LogP contribution in [0.15, 0.2) is 48.5 Å². The zero-order chi connectivity index (χ0) is 20.9. The third-order valence-electron chi connectivity index (χ3n) is 4.96. The van der Waals surface area contributed by atoms with Gasteiger partial charge in [0.25, 0.3) is 5.91 Å². The van der Waals surface area contributed by atoms with E-state index in [1.54, 1.807) is 53.4 Å². The number of rotatable bonds is 7. The summed E-state index contributed by atoms with van der Waals surface area (Å²) in [5.74, 6) is 1.07. The second-order valence-electron chi connectivity index (χ2n) is 7.18. The van der Waals surface area contributed by atoms with Crippen LogP contribution >= 0.6 is 0 Å². The van der Waals surface area contributed by atoms with Crippen molar-refractivity contribution in [1.82, 2.24) is 4.90 Å². The highest BCUT2D eigenvalue weighted by molar-refractivity contribution is 7.91. The SMILES string of the molecule is CCCCN(C(=O)c1cccc(Oc2ccc(C#N)cc2)c1)C1CCS(=O)(=O)C1. The number of nitrogens with zero attached hydrogens (tertiary/aromatic N) is 2. The van der Waals surface area contributed by atoms with Gasteiger partial charge in [-0.1, -0.05) is 19.4 Å². The number of nitriles is 1. The zero-order valence-electron chi connectivity index (χ0n) is 16.4. The van der Waals surface area contributed by atoms with Crippen LogP contribution in [0.4, 0.5) is 0 Å². The van der Waals surface area contributed by atoms with Crippen LogP contribution in [-0.2, 0) is 9.84 Å². The van der Waals surface area contributed by atoms with E-state index in [-0.39, 0.29) is 23.5 Å². The van der Waals surface area contributed by atoms with Gasteiger partial charge in [0.2, 0.25) is 0 Å². The molecule has 0 N–H and O–H groups in total. The molecule has 6 nitrogen and oxygen atoms in total. The van der Waals surface area contributed by atoms with Crippen molar-refractivity contribution in [2.75, 3.05) is 18.1 Å². The van der Waals surface area contributed by atoms with E-state index in [4.69, 9.17) is 10.00 Å². The van der Waals surface area contributed by atoms with Gasteiger partial charge < -0.3 is 9.64 Å². The van der Waals surface area contributed by atoms with Gasteiger partial charge in [-0.2, -0.15) is 5.26 Å². The summed E-state index contributed by atoms with van der Waals surface area (Å²) >= 11 is 0. The molecule has 0 saturated carbocycles. The molecule has 3 rings (SSSR count). The number of amides is 1. The van der Waals surface area contributed by atoms with E-state index in [1.165, 1.54) is 0 Å². The molecule has 7 heteroatoms. The summed E-state index contributed by atoms with van der Waals surface area (Å²) in [4.78, 5) is 14.9. The molecular formula is C22H24N2O4S. The van der Waals surface area contributed by atoms with Gasteiger partial charge in [-0.25, -0.2) is 8.42 Å². The van der Waals surface area contributed by atoms with Crippen molar-refractivity contribution in [2.45, 2.75) is 32.2 Å². The summed E-state index contributed by atoms with van der Waals surface area (Å²) in [5, 5.41) is 8.88. The van der Waals surface area contributed by atoms with Crippen molar-refractivity contribution in [3.63, 3.8) is 0 Å². The van der Waals surface area contributed by atoms with Crippen LogP contribution in [0.3, 0.4) is 0 Å². The van der Waals surface area contributed by atoms with Crippen LogP contribution in [0.1, 0.15) is 42.1 Å². The van der Waals surface area contributed by atoms with Gasteiger partial charge in [0.1, 0.15) is 11.5 Å². The Hall–Kier alpha value is -2.85. The van der Waals surface area contributed by atoms with Crippen molar-refractivity contribution >= 4 is 15.7 Å². The number of unbranched alkanes of at least 4 members (excludes halogenated alkanes) is 1. The number of hydrogen-bond donors (Lipinski definition) is 0. The van der Waals surface area contributed by atoms with Crippen LogP contribution in [-0.4, -0.2) is 43.3 Å². The molecule has 0 radical (unpaired) electrons. The van der Waals surface area contributed by atoms with Gasteiger partial charge >= 0.3 is 0 Å².